The second-order valence-corrected chi connectivity index (χ2v) is 7.61. The van der Waals surface area contributed by atoms with Crippen molar-refractivity contribution in [2.75, 3.05) is 73.1 Å². The van der Waals surface area contributed by atoms with E-state index in [1.165, 1.54) is 0 Å². The summed E-state index contributed by atoms with van der Waals surface area (Å²) in [6.07, 6.45) is 0. The van der Waals surface area contributed by atoms with Gasteiger partial charge in [0, 0.05) is 31.9 Å². The van der Waals surface area contributed by atoms with E-state index in [-0.39, 0.29) is 5.95 Å². The first kappa shape index (κ1) is 21.6. The molecule has 2 aromatic rings. The summed E-state index contributed by atoms with van der Waals surface area (Å²) in [6, 6.07) is 4.28. The minimum Gasteiger partial charge on any atom is -0.378 e. The van der Waals surface area contributed by atoms with E-state index >= 15 is 0 Å². The van der Waals surface area contributed by atoms with E-state index < -0.39 is 6.03 Å². The number of nitrogens with one attached hydrogen (secondary N) is 3. The zero-order valence-corrected chi connectivity index (χ0v) is 18.1. The third kappa shape index (κ3) is 5.76. The minimum absolute atomic E-state index is 0.224. The number of anilines is 4. The Morgan fingerprint density at radius 3 is 2.00 bits per heavy atom. The summed E-state index contributed by atoms with van der Waals surface area (Å²) in [4.78, 5) is 29.8. The highest BCUT2D eigenvalue weighted by molar-refractivity contribution is 6.42. The van der Waals surface area contributed by atoms with Gasteiger partial charge in [-0.25, -0.2) is 10.2 Å². The zero-order chi connectivity index (χ0) is 21.6. The number of morpholine rings is 2. The highest BCUT2D eigenvalue weighted by Crippen LogP contribution is 2.25. The monoisotopic (exact) mass is 468 g/mol. The Kier molecular flexibility index (Phi) is 7.07. The Morgan fingerprint density at radius 2 is 1.45 bits per heavy atom. The molecule has 2 aliphatic rings. The number of carbonyl (C=O) groups is 1. The highest BCUT2D eigenvalue weighted by atomic mass is 35.5. The van der Waals surface area contributed by atoms with Gasteiger partial charge in [0.05, 0.1) is 36.5 Å². The van der Waals surface area contributed by atoms with E-state index in [9.17, 15) is 4.79 Å². The number of hydrogen-bond acceptors (Lipinski definition) is 9. The summed E-state index contributed by atoms with van der Waals surface area (Å²) in [5.74, 6) is 1.27. The van der Waals surface area contributed by atoms with Gasteiger partial charge in [0.15, 0.2) is 0 Å². The lowest BCUT2D eigenvalue weighted by molar-refractivity contribution is 0.121. The number of aromatic nitrogens is 3. The molecule has 2 saturated heterocycles. The van der Waals surface area contributed by atoms with Gasteiger partial charge in [-0.15, -0.1) is 0 Å². The molecule has 3 N–H and O–H groups in total. The van der Waals surface area contributed by atoms with E-state index in [4.69, 9.17) is 32.7 Å². The number of nitrogens with zero attached hydrogens (tertiary/aromatic N) is 5. The van der Waals surface area contributed by atoms with Crippen molar-refractivity contribution < 1.29 is 14.3 Å². The van der Waals surface area contributed by atoms with Gasteiger partial charge in [-0.1, -0.05) is 23.2 Å². The predicted molar refractivity (Wildman–Crippen MR) is 118 cm³/mol. The lowest BCUT2D eigenvalue weighted by Crippen LogP contribution is -2.41. The molecule has 0 aliphatic carbocycles. The quantitative estimate of drug-likeness (QED) is 0.566. The van der Waals surface area contributed by atoms with Crippen LogP contribution in [0.25, 0.3) is 0 Å². The minimum atomic E-state index is -0.514. The molecule has 166 valence electrons. The second kappa shape index (κ2) is 10.1. The van der Waals surface area contributed by atoms with Crippen molar-refractivity contribution in [3.05, 3.63) is 28.2 Å². The molecule has 1 aromatic heterocycles. The number of amides is 2. The fraction of sp³-hybridized carbons (Fsp3) is 0.444. The Balaban J connectivity index is 1.46. The standard InChI is InChI=1S/C18H22Cl2N8O3/c19-13-2-1-12(11-14(13)20)21-18(29)26-25-15-22-16(27-3-7-30-8-4-27)24-17(23-15)28-5-9-31-10-6-28/h1-2,11H,3-10H2,(H2,21,26,29)(H,22,23,24,25). The number of benzene rings is 1. The molecule has 3 heterocycles. The van der Waals surface area contributed by atoms with Crippen LogP contribution in [0.2, 0.25) is 10.0 Å². The number of urea groups is 1. The topological polar surface area (TPSA) is 117 Å². The molecule has 0 atom stereocenters. The number of ether oxygens (including phenoxy) is 2. The average molecular weight is 469 g/mol. The third-order valence-electron chi connectivity index (χ3n) is 4.66. The number of hydrogen-bond donors (Lipinski definition) is 3. The summed E-state index contributed by atoms with van der Waals surface area (Å²) in [5.41, 5.74) is 5.77. The number of rotatable bonds is 5. The molecule has 31 heavy (non-hydrogen) atoms. The molecular weight excluding hydrogens is 447 g/mol. The van der Waals surface area contributed by atoms with Crippen LogP contribution < -0.4 is 26.0 Å². The summed E-state index contributed by atoms with van der Waals surface area (Å²) in [7, 11) is 0. The lowest BCUT2D eigenvalue weighted by atomic mass is 10.3. The molecule has 11 nitrogen and oxygen atoms in total. The summed E-state index contributed by atoms with van der Waals surface area (Å²) >= 11 is 11.9. The predicted octanol–water partition coefficient (Wildman–Crippen LogP) is 2.00. The molecule has 13 heteroatoms. The first-order valence-corrected chi connectivity index (χ1v) is 10.5. The smallest absolute Gasteiger partial charge is 0.337 e. The first-order valence-electron chi connectivity index (χ1n) is 9.78. The van der Waals surface area contributed by atoms with Crippen LogP contribution in [-0.2, 0) is 9.47 Å². The normalized spacial score (nSPS) is 16.7. The van der Waals surface area contributed by atoms with E-state index in [1.54, 1.807) is 18.2 Å². The SMILES string of the molecule is O=C(NNc1nc(N2CCOCC2)nc(N2CCOCC2)n1)Nc1ccc(Cl)c(Cl)c1. The largest absolute Gasteiger partial charge is 0.378 e. The molecule has 0 unspecified atom stereocenters. The van der Waals surface area contributed by atoms with Crippen LogP contribution in [0.15, 0.2) is 18.2 Å². The van der Waals surface area contributed by atoms with Crippen LogP contribution in [0, 0.1) is 0 Å². The van der Waals surface area contributed by atoms with Crippen LogP contribution in [0.1, 0.15) is 0 Å². The summed E-state index contributed by atoms with van der Waals surface area (Å²) < 4.78 is 10.8. The summed E-state index contributed by atoms with van der Waals surface area (Å²) in [6.45, 7) is 5.12. The van der Waals surface area contributed by atoms with Crippen molar-refractivity contribution in [1.29, 1.82) is 0 Å². The van der Waals surface area contributed by atoms with Gasteiger partial charge in [-0.3, -0.25) is 5.43 Å². The Labute approximate surface area is 189 Å². The molecule has 0 bridgehead atoms. The number of halogens is 2. The van der Waals surface area contributed by atoms with Gasteiger partial charge in [0.1, 0.15) is 0 Å². The van der Waals surface area contributed by atoms with Crippen molar-refractivity contribution in [3.63, 3.8) is 0 Å². The van der Waals surface area contributed by atoms with Crippen molar-refractivity contribution in [2.24, 2.45) is 0 Å². The van der Waals surface area contributed by atoms with Crippen molar-refractivity contribution in [1.82, 2.24) is 20.4 Å². The van der Waals surface area contributed by atoms with Crippen molar-refractivity contribution >= 4 is 52.8 Å². The number of hydrazine groups is 1. The van der Waals surface area contributed by atoms with E-state index in [2.05, 4.69) is 31.1 Å². The molecule has 4 rings (SSSR count). The maximum atomic E-state index is 12.3. The first-order chi connectivity index (χ1) is 15.1. The Hall–Kier alpha value is -2.60. The van der Waals surface area contributed by atoms with Gasteiger partial charge in [-0.2, -0.15) is 15.0 Å². The van der Waals surface area contributed by atoms with E-state index in [0.717, 1.165) is 0 Å². The van der Waals surface area contributed by atoms with Crippen molar-refractivity contribution in [2.45, 2.75) is 0 Å². The zero-order valence-electron chi connectivity index (χ0n) is 16.6. The highest BCUT2D eigenvalue weighted by Gasteiger charge is 2.21. The molecule has 1 aromatic carbocycles. The Bertz CT molecular complexity index is 886. The van der Waals surface area contributed by atoms with Crippen LogP contribution in [0.4, 0.5) is 28.3 Å². The maximum Gasteiger partial charge on any atom is 0.337 e. The molecule has 0 radical (unpaired) electrons. The molecular formula is C18H22Cl2N8O3. The fourth-order valence-corrected chi connectivity index (χ4v) is 3.37. The third-order valence-corrected chi connectivity index (χ3v) is 5.40. The molecule has 0 spiro atoms. The van der Waals surface area contributed by atoms with Crippen LogP contribution in [0.3, 0.4) is 0 Å². The van der Waals surface area contributed by atoms with Crippen LogP contribution in [-0.4, -0.2) is 73.6 Å². The molecule has 2 aliphatic heterocycles. The second-order valence-electron chi connectivity index (χ2n) is 6.79. The average Bonchev–Trinajstić information content (AvgIpc) is 2.81. The molecule has 0 saturated carbocycles. The van der Waals surface area contributed by atoms with Gasteiger partial charge in [-0.05, 0) is 18.2 Å². The van der Waals surface area contributed by atoms with Gasteiger partial charge in [0.2, 0.25) is 17.8 Å². The van der Waals surface area contributed by atoms with Crippen LogP contribution >= 0.6 is 23.2 Å². The Morgan fingerprint density at radius 1 is 0.871 bits per heavy atom. The van der Waals surface area contributed by atoms with E-state index in [1.807, 2.05) is 9.80 Å². The van der Waals surface area contributed by atoms with Gasteiger partial charge >= 0.3 is 6.03 Å². The summed E-state index contributed by atoms with van der Waals surface area (Å²) in [5, 5.41) is 3.40. The van der Waals surface area contributed by atoms with E-state index in [0.29, 0.717) is 80.2 Å². The van der Waals surface area contributed by atoms with Crippen molar-refractivity contribution in [3.8, 4) is 0 Å². The molecule has 2 amide bonds. The van der Waals surface area contributed by atoms with Crippen LogP contribution in [0.5, 0.6) is 0 Å². The van der Waals surface area contributed by atoms with Gasteiger partial charge in [0.25, 0.3) is 0 Å². The molecule has 2 fully saturated rings. The van der Waals surface area contributed by atoms with Gasteiger partial charge < -0.3 is 24.6 Å². The lowest BCUT2D eigenvalue weighted by Gasteiger charge is -2.30. The maximum absolute atomic E-state index is 12.3. The number of carbonyl (C=O) groups excluding carboxylic acids is 1. The fourth-order valence-electron chi connectivity index (χ4n) is 3.07.